The van der Waals surface area contributed by atoms with Crippen LogP contribution in [0.3, 0.4) is 0 Å². The Morgan fingerprint density at radius 1 is 1.30 bits per heavy atom. The fraction of sp³-hybridized carbons (Fsp3) is 0.0714. The Morgan fingerprint density at radius 2 is 2.00 bits per heavy atom. The van der Waals surface area contributed by atoms with Crippen LogP contribution in [0.4, 0.5) is 10.1 Å². The second-order valence-corrected chi connectivity index (χ2v) is 6.06. The number of halogens is 2. The quantitative estimate of drug-likeness (QED) is 0.753. The number of nitrogens with one attached hydrogen (secondary N) is 1. The summed E-state index contributed by atoms with van der Waals surface area (Å²) in [5, 5.41) is 2.74. The largest absolute Gasteiger partial charge is 0.339 e. The van der Waals surface area contributed by atoms with E-state index in [0.29, 0.717) is 15.7 Å². The number of fused-ring (bicyclic) bond motifs is 1. The Kier molecular flexibility index (Phi) is 3.23. The van der Waals surface area contributed by atoms with Crippen LogP contribution in [0.15, 0.2) is 36.4 Å². The van der Waals surface area contributed by atoms with E-state index >= 15 is 0 Å². The van der Waals surface area contributed by atoms with Gasteiger partial charge < -0.3 is 9.88 Å². The van der Waals surface area contributed by atoms with Crippen LogP contribution in [0.1, 0.15) is 10.5 Å². The number of hydrogen-bond donors (Lipinski definition) is 1. The molecule has 0 saturated heterocycles. The summed E-state index contributed by atoms with van der Waals surface area (Å²) < 4.78 is 16.3. The van der Waals surface area contributed by atoms with Crippen molar-refractivity contribution < 1.29 is 9.18 Å². The second-order valence-electron chi connectivity index (χ2n) is 4.35. The number of nitrogens with zero attached hydrogens (tertiary/aromatic N) is 1. The van der Waals surface area contributed by atoms with Gasteiger partial charge in [0.25, 0.3) is 5.91 Å². The number of aryl methyl sites for hydroxylation is 1. The summed E-state index contributed by atoms with van der Waals surface area (Å²) in [4.78, 5) is 12.2. The van der Waals surface area contributed by atoms with E-state index in [1.165, 1.54) is 35.6 Å². The first-order valence-electron chi connectivity index (χ1n) is 5.86. The lowest BCUT2D eigenvalue weighted by Gasteiger charge is -2.06. The SMILES string of the molecule is Cn1c(C(=O)Nc2ccc(F)cc2)cc2sc(Cl)cc21. The Labute approximate surface area is 123 Å². The molecule has 0 aliphatic rings. The predicted octanol–water partition coefficient (Wildman–Crippen LogP) is 4.28. The second kappa shape index (κ2) is 4.92. The van der Waals surface area contributed by atoms with E-state index in [-0.39, 0.29) is 11.7 Å². The van der Waals surface area contributed by atoms with Gasteiger partial charge in [-0.05, 0) is 36.4 Å². The minimum atomic E-state index is -0.336. The van der Waals surface area contributed by atoms with E-state index in [9.17, 15) is 9.18 Å². The van der Waals surface area contributed by atoms with E-state index in [4.69, 9.17) is 11.6 Å². The highest BCUT2D eigenvalue weighted by Crippen LogP contribution is 2.31. The molecule has 3 nitrogen and oxygen atoms in total. The number of carbonyl (C=O) groups excluding carboxylic acids is 1. The summed E-state index contributed by atoms with van der Waals surface area (Å²) in [5.74, 6) is -0.573. The van der Waals surface area contributed by atoms with Crippen molar-refractivity contribution in [1.82, 2.24) is 4.57 Å². The molecule has 0 fully saturated rings. The molecule has 2 heterocycles. The lowest BCUT2D eigenvalue weighted by atomic mass is 10.3. The Balaban J connectivity index is 1.90. The van der Waals surface area contributed by atoms with Gasteiger partial charge >= 0.3 is 0 Å². The molecule has 102 valence electrons. The van der Waals surface area contributed by atoms with Crippen LogP contribution in [0.5, 0.6) is 0 Å². The molecule has 0 atom stereocenters. The number of thiophene rings is 1. The summed E-state index contributed by atoms with van der Waals surface area (Å²) in [7, 11) is 1.81. The molecule has 1 amide bonds. The average molecular weight is 309 g/mol. The smallest absolute Gasteiger partial charge is 0.272 e. The number of aromatic nitrogens is 1. The van der Waals surface area contributed by atoms with Crippen molar-refractivity contribution in [3.8, 4) is 0 Å². The lowest BCUT2D eigenvalue weighted by Crippen LogP contribution is -2.15. The van der Waals surface area contributed by atoms with Crippen molar-refractivity contribution in [2.45, 2.75) is 0 Å². The molecule has 20 heavy (non-hydrogen) atoms. The van der Waals surface area contributed by atoms with Crippen LogP contribution in [-0.4, -0.2) is 10.5 Å². The van der Waals surface area contributed by atoms with Crippen molar-refractivity contribution in [3.63, 3.8) is 0 Å². The van der Waals surface area contributed by atoms with E-state index < -0.39 is 0 Å². The summed E-state index contributed by atoms with van der Waals surface area (Å²) in [6.07, 6.45) is 0. The zero-order chi connectivity index (χ0) is 14.3. The third-order valence-electron chi connectivity index (χ3n) is 3.04. The maximum atomic E-state index is 12.8. The zero-order valence-corrected chi connectivity index (χ0v) is 12.1. The Bertz CT molecular complexity index is 791. The predicted molar refractivity (Wildman–Crippen MR) is 80.2 cm³/mol. The summed E-state index contributed by atoms with van der Waals surface area (Å²) in [5.41, 5.74) is 2.01. The molecule has 1 N–H and O–H groups in total. The van der Waals surface area contributed by atoms with Crippen molar-refractivity contribution in [3.05, 3.63) is 52.2 Å². The van der Waals surface area contributed by atoms with Crippen LogP contribution < -0.4 is 5.32 Å². The fourth-order valence-electron chi connectivity index (χ4n) is 2.03. The van der Waals surface area contributed by atoms with Gasteiger partial charge in [-0.25, -0.2) is 4.39 Å². The molecule has 0 radical (unpaired) electrons. The Hall–Kier alpha value is -1.85. The maximum Gasteiger partial charge on any atom is 0.272 e. The van der Waals surface area contributed by atoms with Crippen LogP contribution >= 0.6 is 22.9 Å². The van der Waals surface area contributed by atoms with Crippen molar-refractivity contribution in [2.75, 3.05) is 5.32 Å². The van der Waals surface area contributed by atoms with Gasteiger partial charge in [-0.2, -0.15) is 0 Å². The van der Waals surface area contributed by atoms with E-state index in [2.05, 4.69) is 5.32 Å². The minimum absolute atomic E-state index is 0.237. The van der Waals surface area contributed by atoms with Gasteiger partial charge in [-0.3, -0.25) is 4.79 Å². The van der Waals surface area contributed by atoms with Gasteiger partial charge in [0.2, 0.25) is 0 Å². The van der Waals surface area contributed by atoms with Gasteiger partial charge in [-0.1, -0.05) is 11.6 Å². The third-order valence-corrected chi connectivity index (χ3v) is 4.24. The molecular weight excluding hydrogens is 299 g/mol. The maximum absolute atomic E-state index is 12.8. The number of hydrogen-bond acceptors (Lipinski definition) is 2. The van der Waals surface area contributed by atoms with Crippen molar-refractivity contribution in [1.29, 1.82) is 0 Å². The molecular formula is C14H10ClFN2OS. The molecule has 0 bridgehead atoms. The molecule has 0 aliphatic carbocycles. The molecule has 6 heteroatoms. The van der Waals surface area contributed by atoms with Crippen LogP contribution in [-0.2, 0) is 7.05 Å². The van der Waals surface area contributed by atoms with Gasteiger partial charge in [0.05, 0.1) is 14.6 Å². The summed E-state index contributed by atoms with van der Waals surface area (Å²) >= 11 is 7.37. The number of amides is 1. The number of benzene rings is 1. The van der Waals surface area contributed by atoms with Gasteiger partial charge in [0.15, 0.2) is 0 Å². The highest BCUT2D eigenvalue weighted by atomic mass is 35.5. The third kappa shape index (κ3) is 2.30. The van der Waals surface area contributed by atoms with Gasteiger partial charge in [-0.15, -0.1) is 11.3 Å². The molecule has 0 aliphatic heterocycles. The number of anilines is 1. The first-order chi connectivity index (χ1) is 9.54. The van der Waals surface area contributed by atoms with Crippen LogP contribution in [0.2, 0.25) is 4.34 Å². The summed E-state index contributed by atoms with van der Waals surface area (Å²) in [6.45, 7) is 0. The normalized spacial score (nSPS) is 10.9. The topological polar surface area (TPSA) is 34.0 Å². The molecule has 0 unspecified atom stereocenters. The Morgan fingerprint density at radius 3 is 2.65 bits per heavy atom. The molecule has 0 spiro atoms. The molecule has 0 saturated carbocycles. The lowest BCUT2D eigenvalue weighted by molar-refractivity contribution is 0.101. The van der Waals surface area contributed by atoms with E-state index in [1.807, 2.05) is 13.1 Å². The molecule has 3 rings (SSSR count). The monoisotopic (exact) mass is 308 g/mol. The average Bonchev–Trinajstić information content (AvgIpc) is 2.91. The standard InChI is InChI=1S/C14H10ClFN2OS/c1-18-10-7-13(15)20-12(10)6-11(18)14(19)17-9-4-2-8(16)3-5-9/h2-7H,1H3,(H,17,19). The first kappa shape index (κ1) is 13.1. The van der Waals surface area contributed by atoms with Crippen LogP contribution in [0, 0.1) is 5.82 Å². The fourth-order valence-corrected chi connectivity index (χ4v) is 3.23. The van der Waals surface area contributed by atoms with E-state index in [0.717, 1.165) is 10.2 Å². The highest BCUT2D eigenvalue weighted by molar-refractivity contribution is 7.22. The van der Waals surface area contributed by atoms with Crippen LogP contribution in [0.25, 0.3) is 10.2 Å². The minimum Gasteiger partial charge on any atom is -0.339 e. The number of rotatable bonds is 2. The molecule has 2 aromatic heterocycles. The first-order valence-corrected chi connectivity index (χ1v) is 7.06. The van der Waals surface area contributed by atoms with E-state index in [1.54, 1.807) is 10.6 Å². The number of carbonyl (C=O) groups is 1. The molecule has 1 aromatic carbocycles. The zero-order valence-electron chi connectivity index (χ0n) is 10.5. The molecule has 3 aromatic rings. The van der Waals surface area contributed by atoms with Crippen molar-refractivity contribution >= 4 is 44.7 Å². The van der Waals surface area contributed by atoms with Gasteiger partial charge in [0.1, 0.15) is 11.5 Å². The summed E-state index contributed by atoms with van der Waals surface area (Å²) in [6, 6.07) is 9.28. The van der Waals surface area contributed by atoms with Crippen molar-refractivity contribution in [2.24, 2.45) is 7.05 Å². The highest BCUT2D eigenvalue weighted by Gasteiger charge is 2.15. The van der Waals surface area contributed by atoms with Gasteiger partial charge in [0, 0.05) is 12.7 Å².